The molecule has 2 aromatic rings. The zero-order valence-corrected chi connectivity index (χ0v) is 6.67. The molecule has 2 heterocycles. The zero-order chi connectivity index (χ0) is 8.55. The first-order chi connectivity index (χ1) is 5.75. The smallest absolute Gasteiger partial charge is 0.266 e. The van der Waals surface area contributed by atoms with Crippen LogP contribution in [0.3, 0.4) is 0 Å². The lowest BCUT2D eigenvalue weighted by atomic mass is 10.4. The van der Waals surface area contributed by atoms with Crippen LogP contribution in [0.25, 0.3) is 11.0 Å². The van der Waals surface area contributed by atoms with E-state index in [1.165, 1.54) is 12.4 Å². The number of fused-ring (bicyclic) bond motifs is 1. The topological polar surface area (TPSA) is 58.6 Å². The van der Waals surface area contributed by atoms with Crippen molar-refractivity contribution < 1.29 is 0 Å². The number of aromatic amines is 1. The first-order valence-corrected chi connectivity index (χ1v) is 3.64. The summed E-state index contributed by atoms with van der Waals surface area (Å²) in [5.74, 6) is 0. The van der Waals surface area contributed by atoms with Gasteiger partial charge in [0.25, 0.3) is 5.56 Å². The van der Waals surface area contributed by atoms with Crippen molar-refractivity contribution in [3.63, 3.8) is 0 Å². The molecule has 0 aliphatic carbocycles. The minimum Gasteiger partial charge on any atom is -0.319 e. The van der Waals surface area contributed by atoms with Gasteiger partial charge in [-0.25, -0.2) is 9.97 Å². The molecule has 0 aliphatic rings. The normalized spacial score (nSPS) is 10.4. The first kappa shape index (κ1) is 7.24. The van der Waals surface area contributed by atoms with Gasteiger partial charge in [0.1, 0.15) is 10.7 Å². The highest BCUT2D eigenvalue weighted by molar-refractivity contribution is 6.29. The highest BCUT2D eigenvalue weighted by atomic mass is 35.5. The average Bonchev–Trinajstić information content (AvgIpc) is 2.03. The van der Waals surface area contributed by atoms with Crippen LogP contribution in [0.1, 0.15) is 0 Å². The quantitative estimate of drug-likeness (QED) is 0.617. The lowest BCUT2D eigenvalue weighted by Gasteiger charge is -1.94. The SMILES string of the molecule is O=c1cnc2cnc(Cl)cc2[nH]1. The maximum absolute atomic E-state index is 10.8. The van der Waals surface area contributed by atoms with E-state index in [-0.39, 0.29) is 5.56 Å². The van der Waals surface area contributed by atoms with Crippen molar-refractivity contribution in [3.8, 4) is 0 Å². The third kappa shape index (κ3) is 1.16. The molecule has 2 rings (SSSR count). The molecule has 12 heavy (non-hydrogen) atoms. The van der Waals surface area contributed by atoms with Gasteiger partial charge in [0.05, 0.1) is 17.9 Å². The zero-order valence-electron chi connectivity index (χ0n) is 5.91. The molecule has 0 unspecified atom stereocenters. The predicted molar refractivity (Wildman–Crippen MR) is 45.2 cm³/mol. The molecule has 0 bridgehead atoms. The number of aromatic nitrogens is 3. The number of halogens is 1. The van der Waals surface area contributed by atoms with Crippen LogP contribution in [0.4, 0.5) is 0 Å². The molecule has 0 saturated heterocycles. The Morgan fingerprint density at radius 2 is 2.17 bits per heavy atom. The lowest BCUT2D eigenvalue weighted by Crippen LogP contribution is -2.04. The van der Waals surface area contributed by atoms with Crippen LogP contribution in [0.2, 0.25) is 5.15 Å². The van der Waals surface area contributed by atoms with Gasteiger partial charge in [-0.1, -0.05) is 11.6 Å². The van der Waals surface area contributed by atoms with Crippen molar-refractivity contribution in [1.29, 1.82) is 0 Å². The molecule has 5 heteroatoms. The number of nitrogens with zero attached hydrogens (tertiary/aromatic N) is 2. The van der Waals surface area contributed by atoms with Gasteiger partial charge in [-0.05, 0) is 0 Å². The average molecular weight is 182 g/mol. The molecule has 4 nitrogen and oxygen atoms in total. The molecule has 60 valence electrons. The van der Waals surface area contributed by atoms with E-state index >= 15 is 0 Å². The summed E-state index contributed by atoms with van der Waals surface area (Å²) in [5.41, 5.74) is 0.978. The Morgan fingerprint density at radius 1 is 1.33 bits per heavy atom. The maximum atomic E-state index is 10.8. The van der Waals surface area contributed by atoms with Gasteiger partial charge >= 0.3 is 0 Å². The second-order valence-electron chi connectivity index (χ2n) is 2.27. The number of H-pyrrole nitrogens is 1. The van der Waals surface area contributed by atoms with E-state index in [0.717, 1.165) is 0 Å². The molecule has 1 N–H and O–H groups in total. The van der Waals surface area contributed by atoms with E-state index in [9.17, 15) is 4.79 Å². The molecule has 0 atom stereocenters. The number of hydrogen-bond donors (Lipinski definition) is 1. The van der Waals surface area contributed by atoms with Crippen LogP contribution in [0.15, 0.2) is 23.3 Å². The molecule has 0 spiro atoms. The van der Waals surface area contributed by atoms with Gasteiger partial charge in [-0.3, -0.25) is 4.79 Å². The first-order valence-electron chi connectivity index (χ1n) is 3.26. The van der Waals surface area contributed by atoms with E-state index in [1.807, 2.05) is 0 Å². The summed E-state index contributed by atoms with van der Waals surface area (Å²) < 4.78 is 0. The van der Waals surface area contributed by atoms with Crippen LogP contribution in [0.5, 0.6) is 0 Å². The second-order valence-corrected chi connectivity index (χ2v) is 2.66. The summed E-state index contributed by atoms with van der Waals surface area (Å²) in [6, 6.07) is 1.56. The van der Waals surface area contributed by atoms with Crippen molar-refractivity contribution in [3.05, 3.63) is 34.0 Å². The number of nitrogens with one attached hydrogen (secondary N) is 1. The predicted octanol–water partition coefficient (Wildman–Crippen LogP) is 0.971. The van der Waals surface area contributed by atoms with E-state index in [2.05, 4.69) is 15.0 Å². The largest absolute Gasteiger partial charge is 0.319 e. The number of hydrogen-bond acceptors (Lipinski definition) is 3. The Bertz CT molecular complexity index is 479. The second kappa shape index (κ2) is 2.57. The molecule has 0 radical (unpaired) electrons. The Kier molecular flexibility index (Phi) is 1.55. The van der Waals surface area contributed by atoms with E-state index < -0.39 is 0 Å². The Balaban J connectivity index is 2.89. The number of rotatable bonds is 0. The van der Waals surface area contributed by atoms with Crippen molar-refractivity contribution in [2.45, 2.75) is 0 Å². The van der Waals surface area contributed by atoms with Gasteiger partial charge in [0, 0.05) is 6.07 Å². The van der Waals surface area contributed by atoms with Crippen LogP contribution >= 0.6 is 11.6 Å². The molecule has 0 aliphatic heterocycles. The minimum atomic E-state index is -0.246. The van der Waals surface area contributed by atoms with E-state index in [0.29, 0.717) is 16.2 Å². The van der Waals surface area contributed by atoms with Gasteiger partial charge in [-0.2, -0.15) is 0 Å². The standard InChI is InChI=1S/C7H4ClN3O/c8-6-1-4-5(2-10-6)9-3-7(12)11-4/h1-3H,(H,11,12). The molecule has 0 fully saturated rings. The molecule has 2 aromatic heterocycles. The Labute approximate surface area is 72.2 Å². The number of pyridine rings is 1. The minimum absolute atomic E-state index is 0.246. The van der Waals surface area contributed by atoms with Crippen molar-refractivity contribution in [2.75, 3.05) is 0 Å². The third-order valence-electron chi connectivity index (χ3n) is 1.43. The van der Waals surface area contributed by atoms with Gasteiger partial charge in [0.2, 0.25) is 0 Å². The lowest BCUT2D eigenvalue weighted by molar-refractivity contribution is 1.19. The summed E-state index contributed by atoms with van der Waals surface area (Å²) >= 11 is 5.61. The molecular weight excluding hydrogens is 178 g/mol. The Morgan fingerprint density at radius 3 is 3.00 bits per heavy atom. The van der Waals surface area contributed by atoms with Crippen LogP contribution in [0, 0.1) is 0 Å². The summed E-state index contributed by atoms with van der Waals surface area (Å²) in [6.07, 6.45) is 2.71. The molecular formula is C7H4ClN3O. The van der Waals surface area contributed by atoms with Crippen molar-refractivity contribution >= 4 is 22.6 Å². The van der Waals surface area contributed by atoms with E-state index in [4.69, 9.17) is 11.6 Å². The molecule has 0 saturated carbocycles. The summed E-state index contributed by atoms with van der Waals surface area (Å²) in [4.78, 5) is 21.1. The van der Waals surface area contributed by atoms with Crippen molar-refractivity contribution in [2.24, 2.45) is 0 Å². The fourth-order valence-corrected chi connectivity index (χ4v) is 1.08. The summed E-state index contributed by atoms with van der Waals surface area (Å²) in [7, 11) is 0. The van der Waals surface area contributed by atoms with Gasteiger partial charge < -0.3 is 4.98 Å². The monoisotopic (exact) mass is 181 g/mol. The fourth-order valence-electron chi connectivity index (χ4n) is 0.919. The third-order valence-corrected chi connectivity index (χ3v) is 1.64. The fraction of sp³-hybridized carbons (Fsp3) is 0. The Hall–Kier alpha value is -1.42. The van der Waals surface area contributed by atoms with Gasteiger partial charge in [0.15, 0.2) is 0 Å². The van der Waals surface area contributed by atoms with Crippen LogP contribution in [-0.2, 0) is 0 Å². The van der Waals surface area contributed by atoms with E-state index in [1.54, 1.807) is 6.07 Å². The molecule has 0 amide bonds. The maximum Gasteiger partial charge on any atom is 0.266 e. The van der Waals surface area contributed by atoms with Crippen LogP contribution < -0.4 is 5.56 Å². The van der Waals surface area contributed by atoms with Gasteiger partial charge in [-0.15, -0.1) is 0 Å². The summed E-state index contributed by atoms with van der Waals surface area (Å²) in [6.45, 7) is 0. The highest BCUT2D eigenvalue weighted by Crippen LogP contribution is 2.09. The molecule has 0 aromatic carbocycles. The highest BCUT2D eigenvalue weighted by Gasteiger charge is 1.96. The van der Waals surface area contributed by atoms with Crippen molar-refractivity contribution in [1.82, 2.24) is 15.0 Å². The summed E-state index contributed by atoms with van der Waals surface area (Å²) in [5, 5.41) is 0.339. The van der Waals surface area contributed by atoms with Crippen LogP contribution in [-0.4, -0.2) is 15.0 Å².